The van der Waals surface area contributed by atoms with E-state index in [0.717, 1.165) is 6.54 Å². The fraction of sp³-hybridized carbons (Fsp3) is 0.684. The lowest BCUT2D eigenvalue weighted by Crippen LogP contribution is -2.63. The average Bonchev–Trinajstić information content (AvgIpc) is 2.95. The van der Waals surface area contributed by atoms with Gasteiger partial charge in [0.15, 0.2) is 0 Å². The molecular formula is C19H30N2. The maximum absolute atomic E-state index is 3.90. The van der Waals surface area contributed by atoms with E-state index in [1.807, 2.05) is 0 Å². The van der Waals surface area contributed by atoms with Gasteiger partial charge in [0.05, 0.1) is 0 Å². The molecule has 21 heavy (non-hydrogen) atoms. The maximum atomic E-state index is 3.90. The number of hydrogen-bond donors (Lipinski definition) is 1. The molecule has 1 saturated carbocycles. The molecule has 1 N–H and O–H groups in total. The van der Waals surface area contributed by atoms with Crippen LogP contribution in [0.4, 0.5) is 5.69 Å². The van der Waals surface area contributed by atoms with Crippen LogP contribution in [0.1, 0.15) is 64.4 Å². The fourth-order valence-corrected chi connectivity index (χ4v) is 4.23. The van der Waals surface area contributed by atoms with E-state index in [1.54, 1.807) is 0 Å². The van der Waals surface area contributed by atoms with E-state index in [9.17, 15) is 0 Å². The minimum atomic E-state index is 0.385. The first-order valence-corrected chi connectivity index (χ1v) is 8.76. The van der Waals surface area contributed by atoms with Gasteiger partial charge in [0, 0.05) is 30.4 Å². The summed E-state index contributed by atoms with van der Waals surface area (Å²) in [4.78, 5) is 2.72. The van der Waals surface area contributed by atoms with E-state index < -0.39 is 0 Å². The summed E-state index contributed by atoms with van der Waals surface area (Å²) in [5.41, 5.74) is 3.37. The molecule has 0 amide bonds. The zero-order chi connectivity index (χ0) is 14.9. The standard InChI is InChI=1S/C19H30N2/c1-4-16-13-20-19(11-7-8-12-19)14-21(16)18-10-6-5-9-17(18)15(2)3/h5-6,9-10,15-16,20H,4,7-8,11-14H2,1-3H3. The first-order valence-electron chi connectivity index (χ1n) is 8.76. The Balaban J connectivity index is 1.93. The Bertz CT molecular complexity index is 474. The van der Waals surface area contributed by atoms with Crippen molar-refractivity contribution in [3.8, 4) is 0 Å². The zero-order valence-corrected chi connectivity index (χ0v) is 13.9. The molecule has 2 heteroatoms. The molecule has 1 aromatic carbocycles. The summed E-state index contributed by atoms with van der Waals surface area (Å²) in [6, 6.07) is 9.68. The third kappa shape index (κ3) is 2.83. The van der Waals surface area contributed by atoms with E-state index in [2.05, 4.69) is 55.3 Å². The van der Waals surface area contributed by atoms with Gasteiger partial charge >= 0.3 is 0 Å². The van der Waals surface area contributed by atoms with Crippen molar-refractivity contribution in [2.24, 2.45) is 0 Å². The molecule has 1 heterocycles. The minimum Gasteiger partial charge on any atom is -0.365 e. The van der Waals surface area contributed by atoms with Crippen LogP contribution >= 0.6 is 0 Å². The summed E-state index contributed by atoms with van der Waals surface area (Å²) >= 11 is 0. The van der Waals surface area contributed by atoms with Crippen LogP contribution in [-0.4, -0.2) is 24.7 Å². The van der Waals surface area contributed by atoms with Gasteiger partial charge in [0.25, 0.3) is 0 Å². The molecule has 2 aliphatic rings. The van der Waals surface area contributed by atoms with Crippen molar-refractivity contribution in [1.82, 2.24) is 5.32 Å². The lowest BCUT2D eigenvalue weighted by atomic mass is 9.89. The van der Waals surface area contributed by atoms with Crippen LogP contribution in [0.5, 0.6) is 0 Å². The summed E-state index contributed by atoms with van der Waals surface area (Å²) in [6.45, 7) is 9.28. The smallest absolute Gasteiger partial charge is 0.0413 e. The fourth-order valence-electron chi connectivity index (χ4n) is 4.23. The second kappa shape index (κ2) is 6.00. The molecule has 0 aromatic heterocycles. The van der Waals surface area contributed by atoms with Gasteiger partial charge in [0.2, 0.25) is 0 Å². The summed E-state index contributed by atoms with van der Waals surface area (Å²) in [6.07, 6.45) is 6.70. The topological polar surface area (TPSA) is 15.3 Å². The average molecular weight is 286 g/mol. The third-order valence-electron chi connectivity index (χ3n) is 5.53. The molecule has 1 aliphatic carbocycles. The highest BCUT2D eigenvalue weighted by Gasteiger charge is 2.41. The van der Waals surface area contributed by atoms with Crippen LogP contribution in [0.25, 0.3) is 0 Å². The van der Waals surface area contributed by atoms with Crippen molar-refractivity contribution in [3.63, 3.8) is 0 Å². The molecule has 116 valence electrons. The molecule has 1 spiro atoms. The van der Waals surface area contributed by atoms with E-state index >= 15 is 0 Å². The quantitative estimate of drug-likeness (QED) is 0.890. The number of hydrogen-bond acceptors (Lipinski definition) is 2. The van der Waals surface area contributed by atoms with E-state index in [4.69, 9.17) is 0 Å². The minimum absolute atomic E-state index is 0.385. The number of nitrogens with zero attached hydrogens (tertiary/aromatic N) is 1. The maximum Gasteiger partial charge on any atom is 0.0413 e. The van der Waals surface area contributed by atoms with E-state index in [1.165, 1.54) is 49.9 Å². The number of piperazine rings is 1. The zero-order valence-electron chi connectivity index (χ0n) is 13.9. The van der Waals surface area contributed by atoms with E-state index in [0.29, 0.717) is 17.5 Å². The molecule has 1 saturated heterocycles. The van der Waals surface area contributed by atoms with Crippen LogP contribution in [0, 0.1) is 0 Å². The highest BCUT2D eigenvalue weighted by atomic mass is 15.3. The number of nitrogens with one attached hydrogen (secondary N) is 1. The van der Waals surface area contributed by atoms with Crippen LogP contribution in [0.3, 0.4) is 0 Å². The largest absolute Gasteiger partial charge is 0.365 e. The summed E-state index contributed by atoms with van der Waals surface area (Å²) in [7, 11) is 0. The number of anilines is 1. The highest BCUT2D eigenvalue weighted by molar-refractivity contribution is 5.56. The summed E-state index contributed by atoms with van der Waals surface area (Å²) in [5, 5.41) is 3.90. The van der Waals surface area contributed by atoms with Gasteiger partial charge in [-0.3, -0.25) is 0 Å². The molecule has 3 rings (SSSR count). The number of rotatable bonds is 3. The second-order valence-electron chi connectivity index (χ2n) is 7.27. The summed E-state index contributed by atoms with van der Waals surface area (Å²) < 4.78 is 0. The Hall–Kier alpha value is -1.02. The van der Waals surface area contributed by atoms with Crippen LogP contribution in [0.15, 0.2) is 24.3 Å². The Kier molecular flexibility index (Phi) is 4.26. The Morgan fingerprint density at radius 2 is 1.95 bits per heavy atom. The molecule has 0 bridgehead atoms. The van der Waals surface area contributed by atoms with Crippen LogP contribution in [0.2, 0.25) is 0 Å². The van der Waals surface area contributed by atoms with Gasteiger partial charge in [-0.2, -0.15) is 0 Å². The number of benzene rings is 1. The number of para-hydroxylation sites is 1. The first-order chi connectivity index (χ1) is 10.2. The Morgan fingerprint density at radius 1 is 1.24 bits per heavy atom. The first kappa shape index (κ1) is 14.9. The third-order valence-corrected chi connectivity index (χ3v) is 5.53. The molecule has 1 unspecified atom stereocenters. The Morgan fingerprint density at radius 3 is 2.62 bits per heavy atom. The molecule has 0 radical (unpaired) electrons. The van der Waals surface area contributed by atoms with Crippen molar-refractivity contribution in [2.45, 2.75) is 70.4 Å². The predicted molar refractivity (Wildman–Crippen MR) is 91.2 cm³/mol. The van der Waals surface area contributed by atoms with Gasteiger partial charge in [-0.1, -0.05) is 51.8 Å². The highest BCUT2D eigenvalue weighted by Crippen LogP contribution is 2.37. The van der Waals surface area contributed by atoms with Gasteiger partial charge in [0.1, 0.15) is 0 Å². The van der Waals surface area contributed by atoms with Crippen LogP contribution < -0.4 is 10.2 Å². The van der Waals surface area contributed by atoms with Crippen molar-refractivity contribution >= 4 is 5.69 Å². The van der Waals surface area contributed by atoms with Gasteiger partial charge in [-0.15, -0.1) is 0 Å². The lowest BCUT2D eigenvalue weighted by molar-refractivity contribution is 0.267. The van der Waals surface area contributed by atoms with Crippen molar-refractivity contribution in [2.75, 3.05) is 18.0 Å². The van der Waals surface area contributed by atoms with Gasteiger partial charge in [-0.05, 0) is 36.8 Å². The van der Waals surface area contributed by atoms with Crippen molar-refractivity contribution < 1.29 is 0 Å². The normalized spacial score (nSPS) is 25.0. The second-order valence-corrected chi connectivity index (χ2v) is 7.27. The molecule has 2 fully saturated rings. The van der Waals surface area contributed by atoms with Crippen LogP contribution in [-0.2, 0) is 0 Å². The summed E-state index contributed by atoms with van der Waals surface area (Å²) in [5.74, 6) is 0.591. The molecule has 1 aromatic rings. The van der Waals surface area contributed by atoms with Gasteiger partial charge < -0.3 is 10.2 Å². The molecule has 2 nitrogen and oxygen atoms in total. The molecular weight excluding hydrogens is 256 g/mol. The van der Waals surface area contributed by atoms with Gasteiger partial charge in [-0.25, -0.2) is 0 Å². The predicted octanol–water partition coefficient (Wildman–Crippen LogP) is 4.31. The Labute approximate surface area is 129 Å². The molecule has 1 atom stereocenters. The van der Waals surface area contributed by atoms with E-state index in [-0.39, 0.29) is 0 Å². The molecule has 1 aliphatic heterocycles. The van der Waals surface area contributed by atoms with Crippen molar-refractivity contribution in [1.29, 1.82) is 0 Å². The SMILES string of the molecule is CCC1CNC2(CCCC2)CN1c1ccccc1C(C)C. The monoisotopic (exact) mass is 286 g/mol. The van der Waals surface area contributed by atoms with Crippen molar-refractivity contribution in [3.05, 3.63) is 29.8 Å². The lowest BCUT2D eigenvalue weighted by Gasteiger charge is -2.48.